The average molecular weight is 317 g/mol. The van der Waals surface area contributed by atoms with Gasteiger partial charge in [-0.3, -0.25) is 16.0 Å². The number of hydrogen-bond donors (Lipinski definition) is 2. The summed E-state index contributed by atoms with van der Waals surface area (Å²) in [5.74, 6) is 5.70. The molecule has 1 heterocycles. The molecule has 0 radical (unpaired) electrons. The minimum atomic E-state index is 0.185. The van der Waals surface area contributed by atoms with Gasteiger partial charge in [0.15, 0.2) is 0 Å². The van der Waals surface area contributed by atoms with Gasteiger partial charge in [-0.25, -0.2) is 0 Å². The summed E-state index contributed by atoms with van der Waals surface area (Å²) in [5.41, 5.74) is 4.11. The van der Waals surface area contributed by atoms with Gasteiger partial charge >= 0.3 is 0 Å². The summed E-state index contributed by atoms with van der Waals surface area (Å²) >= 11 is 3.57. The Bertz CT molecular complexity index is 338. The Hall–Kier alpha value is -0.390. The largest absolute Gasteiger partial charge is 0.271 e. The maximum absolute atomic E-state index is 5.70. The summed E-state index contributed by atoms with van der Waals surface area (Å²) in [7, 11) is 0. The third-order valence-corrected chi connectivity index (χ3v) is 3.76. The Morgan fingerprint density at radius 3 is 2.72 bits per heavy atom. The van der Waals surface area contributed by atoms with Crippen LogP contribution in [-0.2, 0) is 6.54 Å². The highest BCUT2D eigenvalue weighted by atomic mass is 79.9. The van der Waals surface area contributed by atoms with Crippen LogP contribution < -0.4 is 11.3 Å². The zero-order valence-electron chi connectivity index (χ0n) is 11.5. The van der Waals surface area contributed by atoms with Crippen LogP contribution in [0.25, 0.3) is 0 Å². The molecular formula is C13H25BrN4. The van der Waals surface area contributed by atoms with E-state index in [1.54, 1.807) is 0 Å². The Kier molecular flexibility index (Phi) is 7.54. The van der Waals surface area contributed by atoms with Gasteiger partial charge in [0.2, 0.25) is 0 Å². The lowest BCUT2D eigenvalue weighted by Crippen LogP contribution is -2.30. The molecule has 0 amide bonds. The van der Waals surface area contributed by atoms with Crippen molar-refractivity contribution >= 4 is 15.9 Å². The van der Waals surface area contributed by atoms with Gasteiger partial charge in [-0.05, 0) is 28.8 Å². The smallest absolute Gasteiger partial charge is 0.0709 e. The van der Waals surface area contributed by atoms with Crippen LogP contribution in [0, 0.1) is 0 Å². The van der Waals surface area contributed by atoms with Crippen molar-refractivity contribution in [3.63, 3.8) is 0 Å². The summed E-state index contributed by atoms with van der Waals surface area (Å²) in [6.45, 7) is 5.32. The van der Waals surface area contributed by atoms with E-state index in [2.05, 4.69) is 45.0 Å². The first-order valence-corrected chi connectivity index (χ1v) is 7.71. The van der Waals surface area contributed by atoms with E-state index in [0.717, 1.165) is 23.9 Å². The quantitative estimate of drug-likeness (QED) is 0.416. The molecule has 0 aromatic carbocycles. The van der Waals surface area contributed by atoms with Crippen LogP contribution in [0.15, 0.2) is 10.7 Å². The number of nitrogens with zero attached hydrogens (tertiary/aromatic N) is 2. The Morgan fingerprint density at radius 2 is 2.11 bits per heavy atom. The maximum Gasteiger partial charge on any atom is 0.0709 e. The molecular weight excluding hydrogens is 292 g/mol. The molecule has 104 valence electrons. The zero-order valence-corrected chi connectivity index (χ0v) is 13.0. The van der Waals surface area contributed by atoms with Gasteiger partial charge in [0.25, 0.3) is 0 Å². The molecule has 0 fully saturated rings. The van der Waals surface area contributed by atoms with E-state index in [1.807, 2.05) is 6.20 Å². The molecule has 0 aliphatic rings. The van der Waals surface area contributed by atoms with Gasteiger partial charge in [-0.2, -0.15) is 5.10 Å². The van der Waals surface area contributed by atoms with Gasteiger partial charge in [-0.1, -0.05) is 39.5 Å². The molecule has 0 bridgehead atoms. The lowest BCUT2D eigenvalue weighted by molar-refractivity contribution is 0.437. The minimum absolute atomic E-state index is 0.185. The number of hydrazine groups is 1. The molecule has 0 aliphatic carbocycles. The van der Waals surface area contributed by atoms with Crippen LogP contribution in [0.5, 0.6) is 0 Å². The first kappa shape index (κ1) is 15.7. The van der Waals surface area contributed by atoms with Crippen LogP contribution >= 0.6 is 15.9 Å². The highest BCUT2D eigenvalue weighted by molar-refractivity contribution is 9.10. The van der Waals surface area contributed by atoms with Crippen LogP contribution in [0.3, 0.4) is 0 Å². The van der Waals surface area contributed by atoms with E-state index in [1.165, 1.54) is 31.4 Å². The fourth-order valence-electron chi connectivity index (χ4n) is 2.18. The topological polar surface area (TPSA) is 55.9 Å². The number of aryl methyl sites for hydroxylation is 1. The number of halogens is 1. The molecule has 0 saturated carbocycles. The van der Waals surface area contributed by atoms with Crippen molar-refractivity contribution in [2.45, 2.75) is 65.0 Å². The van der Waals surface area contributed by atoms with E-state index in [9.17, 15) is 0 Å². The van der Waals surface area contributed by atoms with Crippen molar-refractivity contribution in [1.29, 1.82) is 0 Å². The SMILES string of the molecule is CCCCCCC(NN)c1c(Br)cnn1CCC. The predicted molar refractivity (Wildman–Crippen MR) is 79.0 cm³/mol. The Labute approximate surface area is 118 Å². The number of hydrogen-bond acceptors (Lipinski definition) is 3. The van der Waals surface area contributed by atoms with Crippen molar-refractivity contribution in [3.05, 3.63) is 16.4 Å². The standard InChI is InChI=1S/C13H25BrN4/c1-3-5-6-7-8-12(17-15)13-11(14)10-16-18(13)9-4-2/h10,12,17H,3-9,15H2,1-2H3. The molecule has 4 nitrogen and oxygen atoms in total. The minimum Gasteiger partial charge on any atom is -0.271 e. The normalized spacial score (nSPS) is 12.9. The van der Waals surface area contributed by atoms with Crippen molar-refractivity contribution in [2.75, 3.05) is 0 Å². The average Bonchev–Trinajstić information content (AvgIpc) is 2.72. The molecule has 1 rings (SSSR count). The highest BCUT2D eigenvalue weighted by Crippen LogP contribution is 2.27. The second-order valence-electron chi connectivity index (χ2n) is 4.67. The molecule has 0 saturated heterocycles. The predicted octanol–water partition coefficient (Wildman–Crippen LogP) is 3.53. The van der Waals surface area contributed by atoms with Gasteiger partial charge in [0.05, 0.1) is 22.4 Å². The second-order valence-corrected chi connectivity index (χ2v) is 5.52. The lowest BCUT2D eigenvalue weighted by atomic mass is 10.1. The molecule has 18 heavy (non-hydrogen) atoms. The van der Waals surface area contributed by atoms with E-state index < -0.39 is 0 Å². The van der Waals surface area contributed by atoms with Crippen molar-refractivity contribution in [2.24, 2.45) is 5.84 Å². The number of unbranched alkanes of at least 4 members (excludes halogenated alkanes) is 3. The molecule has 3 N–H and O–H groups in total. The number of nitrogens with one attached hydrogen (secondary N) is 1. The van der Waals surface area contributed by atoms with Crippen molar-refractivity contribution in [3.8, 4) is 0 Å². The van der Waals surface area contributed by atoms with Crippen LogP contribution in [0.1, 0.15) is 64.1 Å². The number of nitrogens with two attached hydrogens (primary N) is 1. The van der Waals surface area contributed by atoms with E-state index in [4.69, 9.17) is 5.84 Å². The molecule has 1 atom stereocenters. The summed E-state index contributed by atoms with van der Waals surface area (Å²) in [6, 6.07) is 0.185. The molecule has 1 aromatic rings. The Balaban J connectivity index is 2.65. The monoisotopic (exact) mass is 316 g/mol. The Morgan fingerprint density at radius 1 is 1.33 bits per heavy atom. The zero-order chi connectivity index (χ0) is 13.4. The van der Waals surface area contributed by atoms with Crippen LogP contribution in [0.2, 0.25) is 0 Å². The van der Waals surface area contributed by atoms with Gasteiger partial charge in [0.1, 0.15) is 0 Å². The van der Waals surface area contributed by atoms with E-state index in [-0.39, 0.29) is 6.04 Å². The summed E-state index contributed by atoms with van der Waals surface area (Å²) in [5, 5.41) is 4.39. The maximum atomic E-state index is 5.70. The molecule has 5 heteroatoms. The number of aromatic nitrogens is 2. The lowest BCUT2D eigenvalue weighted by Gasteiger charge is -2.18. The first-order valence-electron chi connectivity index (χ1n) is 6.91. The van der Waals surface area contributed by atoms with Crippen molar-refractivity contribution in [1.82, 2.24) is 15.2 Å². The highest BCUT2D eigenvalue weighted by Gasteiger charge is 2.18. The third kappa shape index (κ3) is 4.37. The van der Waals surface area contributed by atoms with Gasteiger partial charge < -0.3 is 0 Å². The van der Waals surface area contributed by atoms with Crippen LogP contribution in [0.4, 0.5) is 0 Å². The fourth-order valence-corrected chi connectivity index (χ4v) is 2.76. The molecule has 1 unspecified atom stereocenters. The van der Waals surface area contributed by atoms with Gasteiger partial charge in [-0.15, -0.1) is 0 Å². The summed E-state index contributed by atoms with van der Waals surface area (Å²) < 4.78 is 3.10. The summed E-state index contributed by atoms with van der Waals surface area (Å²) in [6.07, 6.45) is 9.03. The summed E-state index contributed by atoms with van der Waals surface area (Å²) in [4.78, 5) is 0. The number of rotatable bonds is 9. The van der Waals surface area contributed by atoms with Crippen LogP contribution in [-0.4, -0.2) is 9.78 Å². The fraction of sp³-hybridized carbons (Fsp3) is 0.769. The van der Waals surface area contributed by atoms with E-state index >= 15 is 0 Å². The van der Waals surface area contributed by atoms with E-state index in [0.29, 0.717) is 0 Å². The molecule has 0 spiro atoms. The second kappa shape index (κ2) is 8.67. The van der Waals surface area contributed by atoms with Gasteiger partial charge in [0, 0.05) is 6.54 Å². The first-order chi connectivity index (χ1) is 8.74. The third-order valence-electron chi connectivity index (χ3n) is 3.15. The molecule has 0 aliphatic heterocycles. The molecule has 1 aromatic heterocycles. The van der Waals surface area contributed by atoms with Crippen molar-refractivity contribution < 1.29 is 0 Å².